The van der Waals surface area contributed by atoms with Gasteiger partial charge in [0.1, 0.15) is 6.61 Å². The predicted octanol–water partition coefficient (Wildman–Crippen LogP) is 3.66. The Morgan fingerprint density at radius 1 is 1.20 bits per heavy atom. The first-order valence-corrected chi connectivity index (χ1v) is 13.5. The molecule has 0 unspecified atom stereocenters. The SMILES string of the molecule is CCOc1cc([C@@H]2NC(=O)NC(C)=C2C(=O)OC)ccc1OC[C@H](O)N/N=C/c1cc(Br)cc(Br)c1OC(C)=O. The molecule has 2 aromatic rings. The number of carbonyl (C=O) groups is 3. The van der Waals surface area contributed by atoms with Crippen molar-refractivity contribution in [1.82, 2.24) is 16.1 Å². The van der Waals surface area contributed by atoms with Crippen LogP contribution in [0.1, 0.15) is 37.9 Å². The van der Waals surface area contributed by atoms with E-state index in [2.05, 4.69) is 53.0 Å². The van der Waals surface area contributed by atoms with Crippen LogP contribution in [0.15, 0.2) is 55.6 Å². The molecule has 0 spiro atoms. The minimum Gasteiger partial charge on any atom is -0.490 e. The Balaban J connectivity index is 1.73. The van der Waals surface area contributed by atoms with Crippen molar-refractivity contribution in [2.75, 3.05) is 20.3 Å². The number of aliphatic hydroxyl groups excluding tert-OH is 1. The van der Waals surface area contributed by atoms with Gasteiger partial charge in [0.15, 0.2) is 23.5 Å². The van der Waals surface area contributed by atoms with E-state index in [1.165, 1.54) is 20.2 Å². The van der Waals surface area contributed by atoms with Crippen molar-refractivity contribution in [2.45, 2.75) is 33.0 Å². The van der Waals surface area contributed by atoms with Gasteiger partial charge in [0.2, 0.25) is 0 Å². The van der Waals surface area contributed by atoms with Crippen molar-refractivity contribution in [1.29, 1.82) is 0 Å². The molecule has 2 atom stereocenters. The maximum atomic E-state index is 12.4. The first-order chi connectivity index (χ1) is 19.0. The number of amides is 2. The van der Waals surface area contributed by atoms with Crippen molar-refractivity contribution < 1.29 is 38.4 Å². The van der Waals surface area contributed by atoms with Crippen molar-refractivity contribution in [3.63, 3.8) is 0 Å². The summed E-state index contributed by atoms with van der Waals surface area (Å²) in [6.07, 6.45) is 0.178. The first-order valence-electron chi connectivity index (χ1n) is 11.9. The van der Waals surface area contributed by atoms with Crippen LogP contribution in [0.3, 0.4) is 0 Å². The smallest absolute Gasteiger partial charge is 0.337 e. The third-order valence-corrected chi connectivity index (χ3v) is 6.43. The third-order valence-electron chi connectivity index (χ3n) is 5.38. The molecular formula is C26H28Br2N4O8. The number of hydrogen-bond donors (Lipinski definition) is 4. The number of urea groups is 1. The highest BCUT2D eigenvalue weighted by Gasteiger charge is 2.32. The van der Waals surface area contributed by atoms with Gasteiger partial charge in [-0.1, -0.05) is 22.0 Å². The number of ether oxygens (including phenoxy) is 4. The minimum absolute atomic E-state index is 0.202. The van der Waals surface area contributed by atoms with Gasteiger partial charge >= 0.3 is 18.0 Å². The largest absolute Gasteiger partial charge is 0.490 e. The maximum Gasteiger partial charge on any atom is 0.337 e. The normalized spacial score (nSPS) is 15.7. The van der Waals surface area contributed by atoms with E-state index in [-0.39, 0.29) is 17.9 Å². The van der Waals surface area contributed by atoms with Crippen LogP contribution in [-0.2, 0) is 14.3 Å². The highest BCUT2D eigenvalue weighted by atomic mass is 79.9. The molecule has 214 valence electrons. The summed E-state index contributed by atoms with van der Waals surface area (Å²) in [5.74, 6) is -0.137. The van der Waals surface area contributed by atoms with Crippen molar-refractivity contribution in [2.24, 2.45) is 5.10 Å². The summed E-state index contributed by atoms with van der Waals surface area (Å²) < 4.78 is 22.9. The number of hydrogen-bond acceptors (Lipinski definition) is 10. The fraction of sp³-hybridized carbons (Fsp3) is 0.308. The molecular weight excluding hydrogens is 656 g/mol. The van der Waals surface area contributed by atoms with Gasteiger partial charge in [-0.2, -0.15) is 5.10 Å². The number of aliphatic hydroxyl groups is 1. The van der Waals surface area contributed by atoms with Crippen LogP contribution in [0.2, 0.25) is 0 Å². The minimum atomic E-state index is -1.21. The number of hydrazone groups is 1. The van der Waals surface area contributed by atoms with Crippen LogP contribution in [0.25, 0.3) is 0 Å². The molecule has 40 heavy (non-hydrogen) atoms. The molecule has 0 fully saturated rings. The van der Waals surface area contributed by atoms with Crippen LogP contribution < -0.4 is 30.3 Å². The molecule has 1 aliphatic rings. The number of halogens is 2. The molecule has 0 saturated heterocycles. The van der Waals surface area contributed by atoms with E-state index in [0.29, 0.717) is 39.4 Å². The number of nitrogens with one attached hydrogen (secondary N) is 3. The Labute approximate surface area is 247 Å². The van der Waals surface area contributed by atoms with Gasteiger partial charge in [-0.05, 0) is 59.6 Å². The molecule has 0 saturated carbocycles. The molecule has 3 rings (SSSR count). The van der Waals surface area contributed by atoms with Crippen LogP contribution in [-0.4, -0.2) is 55.8 Å². The Kier molecular flexibility index (Phi) is 10.9. The number of nitrogens with zero attached hydrogens (tertiary/aromatic N) is 1. The van der Waals surface area contributed by atoms with Crippen molar-refractivity contribution >= 4 is 56.0 Å². The standard InChI is InChI=1S/C26H28Br2N4O8/c1-5-38-20-9-15(23-22(25(35)37-4)13(2)30-26(36)31-23)6-7-19(20)39-12-21(34)32-29-11-16-8-17(27)10-18(28)24(16)40-14(3)33/h6-11,21,23,32,34H,5,12H2,1-4H3,(H2,30,31,36)/b29-11+/t21-,23-/m0/s1. The van der Waals surface area contributed by atoms with Crippen molar-refractivity contribution in [3.8, 4) is 17.2 Å². The Bertz CT molecular complexity index is 1350. The van der Waals surface area contributed by atoms with E-state index in [0.717, 1.165) is 4.47 Å². The van der Waals surface area contributed by atoms with E-state index in [9.17, 15) is 19.5 Å². The molecule has 1 heterocycles. The molecule has 1 aliphatic heterocycles. The Hall–Kier alpha value is -3.62. The average molecular weight is 684 g/mol. The lowest BCUT2D eigenvalue weighted by atomic mass is 9.95. The molecule has 4 N–H and O–H groups in total. The summed E-state index contributed by atoms with van der Waals surface area (Å²) in [6.45, 7) is 4.81. The fourth-order valence-electron chi connectivity index (χ4n) is 3.74. The number of esters is 2. The van der Waals surface area contributed by atoms with E-state index < -0.39 is 30.2 Å². The molecule has 0 aliphatic carbocycles. The third kappa shape index (κ3) is 7.96. The first kappa shape index (κ1) is 30.9. The zero-order valence-corrected chi connectivity index (χ0v) is 25.2. The highest BCUT2D eigenvalue weighted by Crippen LogP contribution is 2.35. The molecule has 14 heteroatoms. The second kappa shape index (κ2) is 14.1. The van der Waals surface area contributed by atoms with Gasteiger partial charge in [0.05, 0.1) is 36.0 Å². The molecule has 0 bridgehead atoms. The monoisotopic (exact) mass is 682 g/mol. The molecule has 0 aromatic heterocycles. The van der Waals surface area contributed by atoms with Gasteiger partial charge in [0, 0.05) is 22.7 Å². The number of allylic oxidation sites excluding steroid dienone is 1. The lowest BCUT2D eigenvalue weighted by Gasteiger charge is -2.28. The number of benzene rings is 2. The van der Waals surface area contributed by atoms with Gasteiger partial charge in [-0.3, -0.25) is 10.2 Å². The van der Waals surface area contributed by atoms with Crippen molar-refractivity contribution in [3.05, 3.63) is 61.7 Å². The van der Waals surface area contributed by atoms with Gasteiger partial charge in [0.25, 0.3) is 0 Å². The summed E-state index contributed by atoms with van der Waals surface area (Å²) in [4.78, 5) is 36.0. The molecule has 0 radical (unpaired) electrons. The van der Waals surface area contributed by atoms with Gasteiger partial charge < -0.3 is 34.7 Å². The summed E-state index contributed by atoms with van der Waals surface area (Å²) in [6, 6.07) is 7.11. The predicted molar refractivity (Wildman–Crippen MR) is 152 cm³/mol. The topological polar surface area (TPSA) is 157 Å². The van der Waals surface area contributed by atoms with E-state index in [4.69, 9.17) is 18.9 Å². The molecule has 2 amide bonds. The number of rotatable bonds is 11. The molecule has 2 aromatic carbocycles. The van der Waals surface area contributed by atoms with Crippen LogP contribution in [0.4, 0.5) is 4.79 Å². The average Bonchev–Trinajstić information content (AvgIpc) is 2.89. The lowest BCUT2D eigenvalue weighted by molar-refractivity contribution is -0.136. The lowest BCUT2D eigenvalue weighted by Crippen LogP contribution is -2.45. The highest BCUT2D eigenvalue weighted by molar-refractivity contribution is 9.11. The van der Waals surface area contributed by atoms with Crippen LogP contribution in [0.5, 0.6) is 17.2 Å². The maximum absolute atomic E-state index is 12.4. The quantitative estimate of drug-likeness (QED) is 0.0913. The zero-order valence-electron chi connectivity index (χ0n) is 22.0. The number of methoxy groups -OCH3 is 1. The van der Waals surface area contributed by atoms with Crippen LogP contribution >= 0.6 is 31.9 Å². The van der Waals surface area contributed by atoms with Crippen LogP contribution in [0, 0.1) is 0 Å². The summed E-state index contributed by atoms with van der Waals surface area (Å²) in [7, 11) is 1.26. The summed E-state index contributed by atoms with van der Waals surface area (Å²) in [5.41, 5.74) is 4.22. The Morgan fingerprint density at radius 2 is 1.95 bits per heavy atom. The zero-order chi connectivity index (χ0) is 29.4. The summed E-state index contributed by atoms with van der Waals surface area (Å²) >= 11 is 6.72. The van der Waals surface area contributed by atoms with Gasteiger partial charge in [-0.25, -0.2) is 9.59 Å². The fourth-order valence-corrected chi connectivity index (χ4v) is 5.08. The van der Waals surface area contributed by atoms with E-state index >= 15 is 0 Å². The molecule has 12 nitrogen and oxygen atoms in total. The van der Waals surface area contributed by atoms with E-state index in [1.807, 2.05) is 0 Å². The Morgan fingerprint density at radius 3 is 2.62 bits per heavy atom. The second-order valence-corrected chi connectivity index (χ2v) is 10.1. The summed E-state index contributed by atoms with van der Waals surface area (Å²) in [5, 5.41) is 19.7. The van der Waals surface area contributed by atoms with Gasteiger partial charge in [-0.15, -0.1) is 0 Å². The van der Waals surface area contributed by atoms with E-state index in [1.54, 1.807) is 44.2 Å². The number of carbonyl (C=O) groups excluding carboxylic acids is 3. The second-order valence-electron chi connectivity index (χ2n) is 8.31.